The molecular formula is C17H29Cl2N5O. The molecule has 1 aromatic rings. The number of hydrogen-bond donors (Lipinski definition) is 2. The summed E-state index contributed by atoms with van der Waals surface area (Å²) in [5.74, 6) is 1.73. The summed E-state index contributed by atoms with van der Waals surface area (Å²) in [6, 6.07) is 6.26. The van der Waals surface area contributed by atoms with E-state index in [1.807, 2.05) is 24.4 Å². The third-order valence-electron chi connectivity index (χ3n) is 4.89. The molecule has 142 valence electrons. The number of amides is 1. The number of carbonyl (C=O) groups is 1. The zero-order valence-electron chi connectivity index (χ0n) is 14.7. The Labute approximate surface area is 162 Å². The number of nitrogens with one attached hydrogen (secondary N) is 2. The maximum Gasteiger partial charge on any atom is 0.234 e. The topological polar surface area (TPSA) is 60.5 Å². The van der Waals surface area contributed by atoms with Gasteiger partial charge in [0.05, 0.1) is 6.54 Å². The molecule has 2 fully saturated rings. The summed E-state index contributed by atoms with van der Waals surface area (Å²) >= 11 is 0. The molecule has 2 N–H and O–H groups in total. The van der Waals surface area contributed by atoms with Crippen LogP contribution in [0.4, 0.5) is 5.82 Å². The molecule has 1 aromatic heterocycles. The monoisotopic (exact) mass is 389 g/mol. The van der Waals surface area contributed by atoms with E-state index in [-0.39, 0.29) is 36.8 Å². The van der Waals surface area contributed by atoms with E-state index in [0.29, 0.717) is 12.5 Å². The van der Waals surface area contributed by atoms with Crippen molar-refractivity contribution in [3.63, 3.8) is 0 Å². The second-order valence-electron chi connectivity index (χ2n) is 6.60. The van der Waals surface area contributed by atoms with Gasteiger partial charge in [-0.25, -0.2) is 4.98 Å². The van der Waals surface area contributed by atoms with Crippen molar-refractivity contribution in [3.05, 3.63) is 24.4 Å². The number of piperazine rings is 1. The van der Waals surface area contributed by atoms with Crippen LogP contribution in [0.25, 0.3) is 0 Å². The molecule has 0 bridgehead atoms. The first kappa shape index (κ1) is 22.0. The first-order valence-electron chi connectivity index (χ1n) is 8.61. The van der Waals surface area contributed by atoms with Gasteiger partial charge in [0.1, 0.15) is 5.82 Å². The van der Waals surface area contributed by atoms with Gasteiger partial charge in [-0.05, 0) is 31.0 Å². The highest BCUT2D eigenvalue weighted by Crippen LogP contribution is 2.13. The van der Waals surface area contributed by atoms with Crippen molar-refractivity contribution in [3.8, 4) is 0 Å². The summed E-state index contributed by atoms with van der Waals surface area (Å²) < 4.78 is 0. The van der Waals surface area contributed by atoms with Gasteiger partial charge in [0.2, 0.25) is 5.91 Å². The van der Waals surface area contributed by atoms with Gasteiger partial charge in [-0.1, -0.05) is 13.0 Å². The van der Waals surface area contributed by atoms with Crippen molar-refractivity contribution in [2.24, 2.45) is 5.92 Å². The molecule has 25 heavy (non-hydrogen) atoms. The Bertz CT molecular complexity index is 511. The maximum atomic E-state index is 12.3. The molecule has 2 aliphatic rings. The molecule has 2 saturated heterocycles. The predicted octanol–water partition coefficient (Wildman–Crippen LogP) is 1.16. The molecule has 6 nitrogen and oxygen atoms in total. The minimum absolute atomic E-state index is 0. The first-order valence-corrected chi connectivity index (χ1v) is 8.61. The van der Waals surface area contributed by atoms with Gasteiger partial charge in [-0.15, -0.1) is 24.8 Å². The Morgan fingerprint density at radius 3 is 2.68 bits per heavy atom. The molecule has 8 heteroatoms. The Morgan fingerprint density at radius 2 is 2.04 bits per heavy atom. The van der Waals surface area contributed by atoms with Crippen LogP contribution in [0.2, 0.25) is 0 Å². The summed E-state index contributed by atoms with van der Waals surface area (Å²) in [6.07, 6.45) is 2.96. The van der Waals surface area contributed by atoms with Crippen LogP contribution in [0, 0.1) is 5.92 Å². The highest BCUT2D eigenvalue weighted by atomic mass is 35.5. The van der Waals surface area contributed by atoms with Gasteiger partial charge in [0.25, 0.3) is 0 Å². The van der Waals surface area contributed by atoms with Crippen LogP contribution in [0.15, 0.2) is 24.4 Å². The van der Waals surface area contributed by atoms with E-state index < -0.39 is 0 Å². The molecule has 0 radical (unpaired) electrons. The van der Waals surface area contributed by atoms with E-state index >= 15 is 0 Å². The number of nitrogens with zero attached hydrogens (tertiary/aromatic N) is 3. The summed E-state index contributed by atoms with van der Waals surface area (Å²) in [4.78, 5) is 21.2. The largest absolute Gasteiger partial charge is 0.354 e. The molecule has 3 heterocycles. The van der Waals surface area contributed by atoms with Crippen LogP contribution in [0.1, 0.15) is 13.3 Å². The number of pyridine rings is 1. The van der Waals surface area contributed by atoms with Crippen molar-refractivity contribution >= 4 is 36.5 Å². The lowest BCUT2D eigenvalue weighted by Crippen LogP contribution is -2.54. The Hall–Kier alpha value is -1.08. The lowest BCUT2D eigenvalue weighted by molar-refractivity contribution is -0.123. The fourth-order valence-electron chi connectivity index (χ4n) is 3.31. The molecule has 0 spiro atoms. The number of carbonyl (C=O) groups excluding carboxylic acids is 1. The van der Waals surface area contributed by atoms with Crippen LogP contribution >= 0.6 is 24.8 Å². The van der Waals surface area contributed by atoms with Crippen LogP contribution in [0.3, 0.4) is 0 Å². The highest BCUT2D eigenvalue weighted by Gasteiger charge is 2.24. The van der Waals surface area contributed by atoms with Gasteiger partial charge in [-0.2, -0.15) is 0 Å². The predicted molar refractivity (Wildman–Crippen MR) is 106 cm³/mol. The number of hydrogen-bond acceptors (Lipinski definition) is 5. The summed E-state index contributed by atoms with van der Waals surface area (Å²) in [5.41, 5.74) is 0. The molecule has 0 aliphatic carbocycles. The molecule has 1 amide bonds. The zero-order valence-corrected chi connectivity index (χ0v) is 16.3. The second-order valence-corrected chi connectivity index (χ2v) is 6.60. The van der Waals surface area contributed by atoms with E-state index in [1.54, 1.807) is 0 Å². The third kappa shape index (κ3) is 6.29. The van der Waals surface area contributed by atoms with Crippen molar-refractivity contribution in [1.82, 2.24) is 20.5 Å². The smallest absolute Gasteiger partial charge is 0.234 e. The highest BCUT2D eigenvalue weighted by molar-refractivity contribution is 5.85. The van der Waals surface area contributed by atoms with Crippen molar-refractivity contribution in [2.75, 3.05) is 50.7 Å². The Kier molecular flexibility index (Phi) is 9.50. The van der Waals surface area contributed by atoms with Gasteiger partial charge >= 0.3 is 0 Å². The molecule has 3 rings (SSSR count). The molecular weight excluding hydrogens is 361 g/mol. The van der Waals surface area contributed by atoms with Crippen LogP contribution < -0.4 is 15.5 Å². The van der Waals surface area contributed by atoms with E-state index in [4.69, 9.17) is 0 Å². The molecule has 0 aromatic carbocycles. The molecule has 0 saturated carbocycles. The molecule has 2 aliphatic heterocycles. The molecule has 2 atom stereocenters. The third-order valence-corrected chi connectivity index (χ3v) is 4.89. The quantitative estimate of drug-likeness (QED) is 0.808. The van der Waals surface area contributed by atoms with E-state index in [0.717, 1.165) is 51.5 Å². The van der Waals surface area contributed by atoms with Crippen LogP contribution in [-0.2, 0) is 4.79 Å². The Morgan fingerprint density at radius 1 is 1.28 bits per heavy atom. The second kappa shape index (κ2) is 10.8. The fourth-order valence-corrected chi connectivity index (χ4v) is 3.31. The van der Waals surface area contributed by atoms with Gasteiger partial charge in [-0.3, -0.25) is 9.69 Å². The van der Waals surface area contributed by atoms with Crippen LogP contribution in [0.5, 0.6) is 0 Å². The maximum absolute atomic E-state index is 12.3. The summed E-state index contributed by atoms with van der Waals surface area (Å²) in [5, 5.41) is 6.55. The zero-order chi connectivity index (χ0) is 16.1. The number of piperidine rings is 1. The van der Waals surface area contributed by atoms with Crippen molar-refractivity contribution < 1.29 is 4.79 Å². The summed E-state index contributed by atoms with van der Waals surface area (Å²) in [7, 11) is 0. The van der Waals surface area contributed by atoms with Gasteiger partial charge < -0.3 is 15.5 Å². The number of halogens is 2. The Balaban J connectivity index is 0.00000156. The van der Waals surface area contributed by atoms with Crippen LogP contribution in [-0.4, -0.2) is 67.6 Å². The lowest BCUT2D eigenvalue weighted by Gasteiger charge is -2.36. The first-order chi connectivity index (χ1) is 11.2. The van der Waals surface area contributed by atoms with E-state index in [1.165, 1.54) is 0 Å². The summed E-state index contributed by atoms with van der Waals surface area (Å²) in [6.45, 7) is 8.32. The number of anilines is 1. The standard InChI is InChI=1S/C17H27N5O.2ClH/c1-14-5-7-18-12-15(14)20-17(23)13-21-8-10-22(11-9-21)16-4-2-3-6-19-16;;/h2-4,6,14-15,18H,5,7-13H2,1H3,(H,20,23);2*1H. The minimum atomic E-state index is 0. The number of rotatable bonds is 4. The van der Waals surface area contributed by atoms with Crippen molar-refractivity contribution in [1.29, 1.82) is 0 Å². The van der Waals surface area contributed by atoms with Gasteiger partial charge in [0.15, 0.2) is 0 Å². The average molecular weight is 390 g/mol. The lowest BCUT2D eigenvalue weighted by atomic mass is 9.95. The fraction of sp³-hybridized carbons (Fsp3) is 0.647. The normalized spacial score (nSPS) is 24.0. The average Bonchev–Trinajstić information content (AvgIpc) is 2.58. The number of aromatic nitrogens is 1. The van der Waals surface area contributed by atoms with Crippen molar-refractivity contribution in [2.45, 2.75) is 19.4 Å². The minimum Gasteiger partial charge on any atom is -0.354 e. The van der Waals surface area contributed by atoms with E-state index in [2.05, 4.69) is 32.3 Å². The SMILES string of the molecule is CC1CCNCC1NC(=O)CN1CCN(c2ccccn2)CC1.Cl.Cl. The molecule has 2 unspecified atom stereocenters. The van der Waals surface area contributed by atoms with E-state index in [9.17, 15) is 4.79 Å². The van der Waals surface area contributed by atoms with Gasteiger partial charge in [0, 0.05) is 45.0 Å².